The Morgan fingerprint density at radius 2 is 1.88 bits per heavy atom. The molecule has 0 unspecified atom stereocenters. The summed E-state index contributed by atoms with van der Waals surface area (Å²) in [5.74, 6) is -0.224. The van der Waals surface area contributed by atoms with Gasteiger partial charge < -0.3 is 20.3 Å². The molecule has 7 nitrogen and oxygen atoms in total. The van der Waals surface area contributed by atoms with Crippen LogP contribution in [0.15, 0.2) is 60.0 Å². The predicted octanol–water partition coefficient (Wildman–Crippen LogP) is 2.87. The van der Waals surface area contributed by atoms with Crippen LogP contribution in [0.5, 0.6) is 0 Å². The van der Waals surface area contributed by atoms with Crippen LogP contribution in [0.4, 0.5) is 0 Å². The van der Waals surface area contributed by atoms with E-state index in [1.807, 2.05) is 24.3 Å². The average Bonchev–Trinajstić information content (AvgIpc) is 2.79. The molecule has 3 rings (SSSR count). The second-order valence-electron chi connectivity index (χ2n) is 7.83. The summed E-state index contributed by atoms with van der Waals surface area (Å²) in [4.78, 5) is 38.0. The van der Waals surface area contributed by atoms with Gasteiger partial charge in [-0.2, -0.15) is 0 Å². The Balaban J connectivity index is 1.35. The molecule has 0 spiro atoms. The first-order valence-electron chi connectivity index (χ1n) is 10.7. The van der Waals surface area contributed by atoms with Crippen molar-refractivity contribution < 1.29 is 19.1 Å². The molecule has 2 aliphatic rings. The molecule has 0 radical (unpaired) electrons. The van der Waals surface area contributed by atoms with Gasteiger partial charge in [0.15, 0.2) is 0 Å². The molecular formula is C24H28ClN3O4. The molecule has 1 aromatic rings. The van der Waals surface area contributed by atoms with E-state index in [1.54, 1.807) is 17.0 Å². The van der Waals surface area contributed by atoms with Crippen LogP contribution in [0.1, 0.15) is 31.2 Å². The van der Waals surface area contributed by atoms with Crippen molar-refractivity contribution in [2.75, 3.05) is 26.3 Å². The van der Waals surface area contributed by atoms with E-state index < -0.39 is 0 Å². The molecule has 0 aromatic heterocycles. The first kappa shape index (κ1) is 23.8. The van der Waals surface area contributed by atoms with Gasteiger partial charge in [-0.1, -0.05) is 35.9 Å². The maximum atomic E-state index is 12.3. The molecule has 1 fully saturated rings. The number of morpholine rings is 1. The van der Waals surface area contributed by atoms with Gasteiger partial charge in [0.1, 0.15) is 6.61 Å². The molecule has 8 heteroatoms. The van der Waals surface area contributed by atoms with Crippen LogP contribution in [0, 0.1) is 0 Å². The van der Waals surface area contributed by atoms with Crippen molar-refractivity contribution in [3.63, 3.8) is 0 Å². The molecule has 3 amide bonds. The Hall–Kier alpha value is -2.90. The number of nitrogens with zero attached hydrogens (tertiary/aromatic N) is 1. The van der Waals surface area contributed by atoms with Gasteiger partial charge in [-0.25, -0.2) is 0 Å². The van der Waals surface area contributed by atoms with Gasteiger partial charge in [-0.15, -0.1) is 0 Å². The lowest BCUT2D eigenvalue weighted by molar-refractivity contribution is -0.140. The summed E-state index contributed by atoms with van der Waals surface area (Å²) in [5.41, 5.74) is 3.46. The minimum atomic E-state index is -0.105. The summed E-state index contributed by atoms with van der Waals surface area (Å²) in [6.45, 7) is 5.52. The molecule has 1 aliphatic carbocycles. The third-order valence-corrected chi connectivity index (χ3v) is 5.53. The lowest BCUT2D eigenvalue weighted by Gasteiger charge is -2.30. The second kappa shape index (κ2) is 11.6. The van der Waals surface area contributed by atoms with Crippen molar-refractivity contribution >= 4 is 29.3 Å². The highest BCUT2D eigenvalue weighted by Crippen LogP contribution is 2.21. The topological polar surface area (TPSA) is 87.7 Å². The van der Waals surface area contributed by atoms with E-state index in [-0.39, 0.29) is 30.7 Å². The molecule has 170 valence electrons. The molecule has 1 heterocycles. The standard InChI is InChI=1S/C24H28ClN3O4/c1-17(15-26-23(30)14-18-3-5-19(25)6-4-18)2-11-22(29)27-20-7-9-21(10-8-20)28-12-13-32-16-24(28)31/h3-7,9H,1-2,8,10-16H2,(H,26,30)(H,27,29). The third-order valence-electron chi connectivity index (χ3n) is 5.28. The largest absolute Gasteiger partial charge is 0.370 e. The fourth-order valence-electron chi connectivity index (χ4n) is 3.47. The first-order valence-corrected chi connectivity index (χ1v) is 11.0. The van der Waals surface area contributed by atoms with Crippen LogP contribution in [-0.4, -0.2) is 48.9 Å². The number of ether oxygens (including phenoxy) is 1. The van der Waals surface area contributed by atoms with Gasteiger partial charge in [0.2, 0.25) is 11.8 Å². The highest BCUT2D eigenvalue weighted by atomic mass is 35.5. The van der Waals surface area contributed by atoms with Gasteiger partial charge in [0.05, 0.1) is 13.0 Å². The number of carbonyl (C=O) groups excluding carboxylic acids is 3. The van der Waals surface area contributed by atoms with Gasteiger partial charge in [-0.3, -0.25) is 14.4 Å². The molecular weight excluding hydrogens is 430 g/mol. The Morgan fingerprint density at radius 3 is 2.56 bits per heavy atom. The van der Waals surface area contributed by atoms with Gasteiger partial charge in [-0.05, 0) is 49.1 Å². The molecule has 2 N–H and O–H groups in total. The Morgan fingerprint density at radius 1 is 1.09 bits per heavy atom. The fraction of sp³-hybridized carbons (Fsp3) is 0.375. The summed E-state index contributed by atoms with van der Waals surface area (Å²) >= 11 is 5.85. The molecule has 0 bridgehead atoms. The van der Waals surface area contributed by atoms with E-state index in [4.69, 9.17) is 16.3 Å². The molecule has 1 saturated heterocycles. The van der Waals surface area contributed by atoms with Crippen molar-refractivity contribution in [2.24, 2.45) is 0 Å². The number of allylic oxidation sites excluding steroid dienone is 4. The van der Waals surface area contributed by atoms with Crippen molar-refractivity contribution in [2.45, 2.75) is 32.1 Å². The smallest absolute Gasteiger partial charge is 0.252 e. The number of amides is 3. The zero-order valence-corrected chi connectivity index (χ0v) is 18.7. The highest BCUT2D eigenvalue weighted by molar-refractivity contribution is 6.30. The number of hydrogen-bond acceptors (Lipinski definition) is 4. The van der Waals surface area contributed by atoms with Crippen LogP contribution in [0.2, 0.25) is 5.02 Å². The van der Waals surface area contributed by atoms with Crippen molar-refractivity contribution in [1.82, 2.24) is 15.5 Å². The normalized spacial score (nSPS) is 16.2. The minimum Gasteiger partial charge on any atom is -0.370 e. The molecule has 1 aromatic carbocycles. The Labute approximate surface area is 193 Å². The van der Waals surface area contributed by atoms with E-state index in [2.05, 4.69) is 17.2 Å². The summed E-state index contributed by atoms with van der Waals surface area (Å²) in [5, 5.41) is 6.38. The number of rotatable bonds is 9. The summed E-state index contributed by atoms with van der Waals surface area (Å²) in [6, 6.07) is 7.14. The zero-order chi connectivity index (χ0) is 22.9. The van der Waals surface area contributed by atoms with Crippen LogP contribution >= 0.6 is 11.6 Å². The van der Waals surface area contributed by atoms with Crippen molar-refractivity contribution in [3.8, 4) is 0 Å². The maximum Gasteiger partial charge on any atom is 0.252 e. The summed E-state index contributed by atoms with van der Waals surface area (Å²) < 4.78 is 5.16. The van der Waals surface area contributed by atoms with Crippen LogP contribution < -0.4 is 10.6 Å². The fourth-order valence-corrected chi connectivity index (χ4v) is 3.60. The van der Waals surface area contributed by atoms with Gasteiger partial charge in [0.25, 0.3) is 5.91 Å². The molecule has 0 saturated carbocycles. The van der Waals surface area contributed by atoms with E-state index >= 15 is 0 Å². The van der Waals surface area contributed by atoms with Crippen LogP contribution in [0.3, 0.4) is 0 Å². The van der Waals surface area contributed by atoms with E-state index in [9.17, 15) is 14.4 Å². The first-order chi connectivity index (χ1) is 15.4. The van der Waals surface area contributed by atoms with Crippen molar-refractivity contribution in [1.29, 1.82) is 0 Å². The summed E-state index contributed by atoms with van der Waals surface area (Å²) in [7, 11) is 0. The third kappa shape index (κ3) is 7.35. The van der Waals surface area contributed by atoms with Gasteiger partial charge in [0, 0.05) is 35.9 Å². The quantitative estimate of drug-likeness (QED) is 0.558. The van der Waals surface area contributed by atoms with Gasteiger partial charge >= 0.3 is 0 Å². The molecule has 0 atom stereocenters. The number of hydrogen-bond donors (Lipinski definition) is 2. The van der Waals surface area contributed by atoms with E-state index in [0.717, 1.165) is 22.5 Å². The zero-order valence-electron chi connectivity index (χ0n) is 18.0. The lowest BCUT2D eigenvalue weighted by atomic mass is 10.1. The Bertz CT molecular complexity index is 937. The van der Waals surface area contributed by atoms with Crippen LogP contribution in [-0.2, 0) is 25.5 Å². The monoisotopic (exact) mass is 457 g/mol. The number of carbonyl (C=O) groups is 3. The molecule has 1 aliphatic heterocycles. The second-order valence-corrected chi connectivity index (χ2v) is 8.26. The number of nitrogens with one attached hydrogen (secondary N) is 2. The minimum absolute atomic E-state index is 0.0258. The number of halogens is 1. The SMILES string of the molecule is C=C(CCC(=O)NC1=CC=C(N2CCOCC2=O)CC1)CNC(=O)Cc1ccc(Cl)cc1. The highest BCUT2D eigenvalue weighted by Gasteiger charge is 2.23. The average molecular weight is 458 g/mol. The lowest BCUT2D eigenvalue weighted by Crippen LogP contribution is -2.41. The molecule has 32 heavy (non-hydrogen) atoms. The number of benzene rings is 1. The van der Waals surface area contributed by atoms with Crippen molar-refractivity contribution in [3.05, 3.63) is 70.5 Å². The predicted molar refractivity (Wildman–Crippen MR) is 123 cm³/mol. The maximum absolute atomic E-state index is 12.3. The van der Waals surface area contributed by atoms with E-state index in [0.29, 0.717) is 50.4 Å². The van der Waals surface area contributed by atoms with Crippen LogP contribution in [0.25, 0.3) is 0 Å². The Kier molecular flexibility index (Phi) is 8.64. The van der Waals surface area contributed by atoms with E-state index in [1.165, 1.54) is 0 Å². The summed E-state index contributed by atoms with van der Waals surface area (Å²) in [6.07, 6.45) is 6.16.